The highest BCUT2D eigenvalue weighted by atomic mass is 16.1. The summed E-state index contributed by atoms with van der Waals surface area (Å²) in [6, 6.07) is 0. The highest BCUT2D eigenvalue weighted by Gasteiger charge is 2.41. The Kier molecular flexibility index (Phi) is 4.99. The van der Waals surface area contributed by atoms with Crippen LogP contribution in [0.2, 0.25) is 0 Å². The van der Waals surface area contributed by atoms with Crippen molar-refractivity contribution in [2.75, 3.05) is 13.1 Å². The van der Waals surface area contributed by atoms with Crippen molar-refractivity contribution in [3.8, 4) is 0 Å². The van der Waals surface area contributed by atoms with E-state index in [1.54, 1.807) is 0 Å². The lowest BCUT2D eigenvalue weighted by atomic mass is 10.0. The van der Waals surface area contributed by atoms with Crippen molar-refractivity contribution < 1.29 is 4.79 Å². The van der Waals surface area contributed by atoms with Gasteiger partial charge in [0, 0.05) is 25.0 Å². The van der Waals surface area contributed by atoms with E-state index in [1.807, 2.05) is 0 Å². The largest absolute Gasteiger partial charge is 0.356 e. The van der Waals surface area contributed by atoms with Crippen LogP contribution in [-0.4, -0.2) is 24.5 Å². The summed E-state index contributed by atoms with van der Waals surface area (Å²) in [7, 11) is 0. The Hall–Kier alpha value is -0.570. The summed E-state index contributed by atoms with van der Waals surface area (Å²) >= 11 is 0. The van der Waals surface area contributed by atoms with Crippen LogP contribution in [0.25, 0.3) is 0 Å². The average molecular weight is 240 g/mol. The summed E-state index contributed by atoms with van der Waals surface area (Å²) in [5.74, 6) is 0.184. The van der Waals surface area contributed by atoms with Gasteiger partial charge in [-0.2, -0.15) is 0 Å². The molecule has 1 amide bonds. The molecule has 2 N–H and O–H groups in total. The van der Waals surface area contributed by atoms with Crippen LogP contribution in [0.3, 0.4) is 0 Å². The Labute approximate surface area is 106 Å². The summed E-state index contributed by atoms with van der Waals surface area (Å²) < 4.78 is 0. The Balaban J connectivity index is 2.10. The van der Waals surface area contributed by atoms with Crippen LogP contribution in [0, 0.1) is 5.41 Å². The molecule has 0 saturated heterocycles. The van der Waals surface area contributed by atoms with E-state index in [0.717, 1.165) is 13.1 Å². The van der Waals surface area contributed by atoms with Gasteiger partial charge in [0.2, 0.25) is 5.91 Å². The van der Waals surface area contributed by atoms with Gasteiger partial charge < -0.3 is 10.6 Å². The zero-order valence-corrected chi connectivity index (χ0v) is 11.9. The minimum Gasteiger partial charge on any atom is -0.356 e. The van der Waals surface area contributed by atoms with E-state index in [2.05, 4.69) is 38.3 Å². The van der Waals surface area contributed by atoms with Gasteiger partial charge in [-0.15, -0.1) is 0 Å². The number of amides is 1. The molecule has 17 heavy (non-hydrogen) atoms. The number of nitrogens with one attached hydrogen (secondary N) is 2. The molecule has 1 rings (SSSR count). The van der Waals surface area contributed by atoms with Crippen molar-refractivity contribution >= 4 is 5.91 Å². The molecule has 0 aromatic heterocycles. The quantitative estimate of drug-likeness (QED) is 0.718. The van der Waals surface area contributed by atoms with Crippen LogP contribution in [-0.2, 0) is 4.79 Å². The Morgan fingerprint density at radius 1 is 1.29 bits per heavy atom. The van der Waals surface area contributed by atoms with Crippen molar-refractivity contribution in [1.82, 2.24) is 10.6 Å². The Morgan fingerprint density at radius 2 is 1.94 bits per heavy atom. The van der Waals surface area contributed by atoms with E-state index >= 15 is 0 Å². The lowest BCUT2D eigenvalue weighted by molar-refractivity contribution is -0.121. The highest BCUT2D eigenvalue weighted by Crippen LogP contribution is 2.48. The van der Waals surface area contributed by atoms with Crippen molar-refractivity contribution in [3.05, 3.63) is 0 Å². The van der Waals surface area contributed by atoms with E-state index in [-0.39, 0.29) is 11.4 Å². The molecule has 0 radical (unpaired) electrons. The molecular formula is C14H28N2O. The van der Waals surface area contributed by atoms with Crippen molar-refractivity contribution in [3.63, 3.8) is 0 Å². The minimum absolute atomic E-state index is 0.0974. The number of carbonyl (C=O) groups is 1. The molecule has 0 spiro atoms. The molecular weight excluding hydrogens is 212 g/mol. The molecule has 100 valence electrons. The van der Waals surface area contributed by atoms with Gasteiger partial charge in [0.15, 0.2) is 0 Å². The first kappa shape index (κ1) is 14.5. The van der Waals surface area contributed by atoms with Gasteiger partial charge >= 0.3 is 0 Å². The number of rotatable bonds is 7. The minimum atomic E-state index is 0.0974. The molecule has 0 atom stereocenters. The number of hydrogen-bond acceptors (Lipinski definition) is 2. The molecule has 0 aliphatic heterocycles. The van der Waals surface area contributed by atoms with Crippen LogP contribution in [0.1, 0.15) is 59.8 Å². The van der Waals surface area contributed by atoms with E-state index in [4.69, 9.17) is 0 Å². The van der Waals surface area contributed by atoms with Gasteiger partial charge in [0.1, 0.15) is 0 Å². The van der Waals surface area contributed by atoms with Gasteiger partial charge in [0.05, 0.1) is 0 Å². The van der Waals surface area contributed by atoms with Crippen molar-refractivity contribution in [1.29, 1.82) is 0 Å². The van der Waals surface area contributed by atoms with E-state index in [1.165, 1.54) is 25.7 Å². The summed E-state index contributed by atoms with van der Waals surface area (Å²) in [5.41, 5.74) is 0.558. The molecule has 1 fully saturated rings. The number of carbonyl (C=O) groups excluding carboxylic acids is 1. The molecule has 1 aliphatic carbocycles. The molecule has 0 unspecified atom stereocenters. The topological polar surface area (TPSA) is 41.1 Å². The smallest absolute Gasteiger partial charge is 0.221 e. The predicted molar refractivity (Wildman–Crippen MR) is 72.0 cm³/mol. The lowest BCUT2D eigenvalue weighted by Gasteiger charge is -2.20. The molecule has 1 saturated carbocycles. The summed E-state index contributed by atoms with van der Waals surface area (Å²) in [6.07, 6.45) is 5.65. The molecule has 1 aliphatic rings. The summed E-state index contributed by atoms with van der Waals surface area (Å²) in [4.78, 5) is 11.7. The fourth-order valence-corrected chi connectivity index (χ4v) is 2.15. The van der Waals surface area contributed by atoms with Crippen molar-refractivity contribution in [2.45, 2.75) is 65.3 Å². The average Bonchev–Trinajstić information content (AvgIpc) is 2.94. The SMILES string of the molecule is CCCC1(CNC(=O)CCNC(C)(C)C)CC1. The Bertz CT molecular complexity index is 251. The molecule has 3 nitrogen and oxygen atoms in total. The fourth-order valence-electron chi connectivity index (χ4n) is 2.15. The molecule has 0 bridgehead atoms. The van der Waals surface area contributed by atoms with Crippen LogP contribution in [0.5, 0.6) is 0 Å². The second-order valence-corrected chi connectivity index (χ2v) is 6.45. The first-order valence-electron chi connectivity index (χ1n) is 6.89. The van der Waals surface area contributed by atoms with Crippen LogP contribution in [0.4, 0.5) is 0 Å². The van der Waals surface area contributed by atoms with Crippen molar-refractivity contribution in [2.24, 2.45) is 5.41 Å². The third-order valence-electron chi connectivity index (χ3n) is 3.41. The van der Waals surface area contributed by atoms with Crippen LogP contribution in [0.15, 0.2) is 0 Å². The Morgan fingerprint density at radius 3 is 2.41 bits per heavy atom. The summed E-state index contributed by atoms with van der Waals surface area (Å²) in [5, 5.41) is 6.41. The van der Waals surface area contributed by atoms with Gasteiger partial charge in [-0.25, -0.2) is 0 Å². The zero-order valence-electron chi connectivity index (χ0n) is 11.9. The molecule has 0 heterocycles. The monoisotopic (exact) mass is 240 g/mol. The highest BCUT2D eigenvalue weighted by molar-refractivity contribution is 5.76. The first-order chi connectivity index (χ1) is 7.87. The lowest BCUT2D eigenvalue weighted by Crippen LogP contribution is -2.39. The maximum atomic E-state index is 11.7. The zero-order chi connectivity index (χ0) is 12.9. The molecule has 3 heteroatoms. The fraction of sp³-hybridized carbons (Fsp3) is 0.929. The van der Waals surface area contributed by atoms with Crippen LogP contribution < -0.4 is 10.6 Å². The third kappa shape index (κ3) is 6.06. The second kappa shape index (κ2) is 5.85. The summed E-state index contributed by atoms with van der Waals surface area (Å²) in [6.45, 7) is 10.2. The third-order valence-corrected chi connectivity index (χ3v) is 3.41. The van der Waals surface area contributed by atoms with E-state index in [0.29, 0.717) is 11.8 Å². The second-order valence-electron chi connectivity index (χ2n) is 6.45. The molecule has 0 aromatic rings. The van der Waals surface area contributed by atoms with Gasteiger partial charge in [-0.3, -0.25) is 4.79 Å². The van der Waals surface area contributed by atoms with Crippen LogP contribution >= 0.6 is 0 Å². The first-order valence-corrected chi connectivity index (χ1v) is 6.89. The molecule has 0 aromatic carbocycles. The standard InChI is InChI=1S/C14H28N2O/c1-5-7-14(8-9-14)11-15-12(17)6-10-16-13(2,3)4/h16H,5-11H2,1-4H3,(H,15,17). The van der Waals surface area contributed by atoms with Gasteiger partial charge in [0.25, 0.3) is 0 Å². The van der Waals surface area contributed by atoms with E-state index in [9.17, 15) is 4.79 Å². The van der Waals surface area contributed by atoms with E-state index < -0.39 is 0 Å². The van der Waals surface area contributed by atoms with Gasteiger partial charge in [-0.05, 0) is 45.4 Å². The maximum absolute atomic E-state index is 11.7. The number of hydrogen-bond donors (Lipinski definition) is 2. The normalized spacial score (nSPS) is 17.9. The predicted octanol–water partition coefficient (Wildman–Crippen LogP) is 2.46. The maximum Gasteiger partial charge on any atom is 0.221 e. The van der Waals surface area contributed by atoms with Gasteiger partial charge in [-0.1, -0.05) is 13.3 Å².